The van der Waals surface area contributed by atoms with Gasteiger partial charge >= 0.3 is 12.1 Å². The first kappa shape index (κ1) is 20.7. The van der Waals surface area contributed by atoms with E-state index >= 15 is 0 Å². The van der Waals surface area contributed by atoms with Crippen LogP contribution >= 0.6 is 0 Å². The lowest BCUT2D eigenvalue weighted by Gasteiger charge is -2.22. The molecule has 0 unspecified atom stereocenters. The van der Waals surface area contributed by atoms with Crippen molar-refractivity contribution >= 4 is 17.5 Å². The van der Waals surface area contributed by atoms with E-state index in [1.54, 1.807) is 0 Å². The van der Waals surface area contributed by atoms with Gasteiger partial charge in [-0.1, -0.05) is 26.0 Å². The zero-order valence-corrected chi connectivity index (χ0v) is 15.2. The highest BCUT2D eigenvalue weighted by Crippen LogP contribution is 2.39. The molecule has 0 saturated heterocycles. The Hall–Kier alpha value is -2.61. The molecule has 8 heteroatoms. The van der Waals surface area contributed by atoms with Crippen molar-refractivity contribution < 1.29 is 23.1 Å². The van der Waals surface area contributed by atoms with E-state index in [4.69, 9.17) is 0 Å². The van der Waals surface area contributed by atoms with Crippen molar-refractivity contribution in [2.45, 2.75) is 26.4 Å². The van der Waals surface area contributed by atoms with Crippen LogP contribution in [0.1, 0.15) is 35.3 Å². The van der Waals surface area contributed by atoms with E-state index in [2.05, 4.69) is 10.3 Å². The normalized spacial score (nSPS) is 11.6. The SMILES string of the molecule is CCN(CC)CCc1cccc(Nc2ncccc2C(=O)O)c1C(F)(F)F. The number of halogens is 3. The van der Waals surface area contributed by atoms with Gasteiger partial charge in [0.05, 0.1) is 11.3 Å². The van der Waals surface area contributed by atoms with Crippen LogP contribution in [0, 0.1) is 0 Å². The minimum absolute atomic E-state index is 0.128. The Labute approximate surface area is 155 Å². The first-order chi connectivity index (χ1) is 12.8. The molecule has 1 aromatic carbocycles. The lowest BCUT2D eigenvalue weighted by Crippen LogP contribution is -2.26. The maximum Gasteiger partial charge on any atom is 0.418 e. The molecule has 0 spiro atoms. The third-order valence-corrected chi connectivity index (χ3v) is 4.32. The van der Waals surface area contributed by atoms with Crippen LogP contribution in [-0.2, 0) is 12.6 Å². The summed E-state index contributed by atoms with van der Waals surface area (Å²) in [5, 5.41) is 11.8. The molecule has 2 N–H and O–H groups in total. The molecular formula is C19H22F3N3O2. The minimum atomic E-state index is -4.58. The zero-order valence-electron chi connectivity index (χ0n) is 15.2. The van der Waals surface area contributed by atoms with Gasteiger partial charge in [-0.15, -0.1) is 0 Å². The molecule has 0 aliphatic carbocycles. The number of carbonyl (C=O) groups is 1. The number of aromatic carboxylic acids is 1. The Morgan fingerprint density at radius 2 is 1.89 bits per heavy atom. The van der Waals surface area contributed by atoms with Crippen molar-refractivity contribution in [3.63, 3.8) is 0 Å². The van der Waals surface area contributed by atoms with Crippen molar-refractivity contribution in [3.05, 3.63) is 53.2 Å². The fourth-order valence-electron chi connectivity index (χ4n) is 2.87. The Morgan fingerprint density at radius 3 is 2.48 bits per heavy atom. The highest BCUT2D eigenvalue weighted by Gasteiger charge is 2.36. The van der Waals surface area contributed by atoms with Crippen LogP contribution in [-0.4, -0.2) is 40.6 Å². The average molecular weight is 381 g/mol. The summed E-state index contributed by atoms with van der Waals surface area (Å²) in [5.41, 5.74) is -1.04. The molecule has 2 rings (SSSR count). The van der Waals surface area contributed by atoms with Gasteiger partial charge in [0.2, 0.25) is 0 Å². The summed E-state index contributed by atoms with van der Waals surface area (Å²) in [6.45, 7) is 5.93. The van der Waals surface area contributed by atoms with Gasteiger partial charge < -0.3 is 15.3 Å². The summed E-state index contributed by atoms with van der Waals surface area (Å²) in [6.07, 6.45) is -3.02. The topological polar surface area (TPSA) is 65.5 Å². The summed E-state index contributed by atoms with van der Waals surface area (Å²) < 4.78 is 41.3. The minimum Gasteiger partial charge on any atom is -0.478 e. The number of likely N-dealkylation sites (N-methyl/N-ethyl adjacent to an activating group) is 1. The van der Waals surface area contributed by atoms with E-state index < -0.39 is 17.7 Å². The predicted molar refractivity (Wildman–Crippen MR) is 97.4 cm³/mol. The lowest BCUT2D eigenvalue weighted by molar-refractivity contribution is -0.137. The van der Waals surface area contributed by atoms with Gasteiger partial charge in [-0.2, -0.15) is 13.2 Å². The Morgan fingerprint density at radius 1 is 1.19 bits per heavy atom. The van der Waals surface area contributed by atoms with Crippen LogP contribution in [0.2, 0.25) is 0 Å². The third kappa shape index (κ3) is 5.19. The molecule has 0 radical (unpaired) electrons. The fraction of sp³-hybridized carbons (Fsp3) is 0.368. The molecule has 0 amide bonds. The molecule has 27 heavy (non-hydrogen) atoms. The largest absolute Gasteiger partial charge is 0.478 e. The van der Waals surface area contributed by atoms with Gasteiger partial charge in [0.15, 0.2) is 0 Å². The fourth-order valence-corrected chi connectivity index (χ4v) is 2.87. The molecule has 5 nitrogen and oxygen atoms in total. The van der Waals surface area contributed by atoms with Crippen LogP contribution in [0.25, 0.3) is 0 Å². The van der Waals surface area contributed by atoms with Crippen LogP contribution in [0.5, 0.6) is 0 Å². The van der Waals surface area contributed by atoms with Crippen LogP contribution in [0.3, 0.4) is 0 Å². The van der Waals surface area contributed by atoms with Gasteiger partial charge in [0.1, 0.15) is 11.4 Å². The number of rotatable bonds is 8. The maximum atomic E-state index is 13.8. The number of hydrogen-bond donors (Lipinski definition) is 2. The summed E-state index contributed by atoms with van der Waals surface area (Å²) >= 11 is 0. The number of benzene rings is 1. The Kier molecular flexibility index (Phi) is 6.79. The smallest absolute Gasteiger partial charge is 0.418 e. The highest BCUT2D eigenvalue weighted by molar-refractivity contribution is 5.94. The molecule has 0 atom stereocenters. The summed E-state index contributed by atoms with van der Waals surface area (Å²) in [7, 11) is 0. The average Bonchev–Trinajstić information content (AvgIpc) is 2.62. The van der Waals surface area contributed by atoms with E-state index in [1.165, 1.54) is 36.5 Å². The van der Waals surface area contributed by atoms with E-state index in [1.807, 2.05) is 18.7 Å². The molecule has 0 saturated carbocycles. The van der Waals surface area contributed by atoms with E-state index in [0.29, 0.717) is 6.54 Å². The van der Waals surface area contributed by atoms with E-state index in [9.17, 15) is 23.1 Å². The summed E-state index contributed by atoms with van der Waals surface area (Å²) in [4.78, 5) is 17.2. The number of pyridine rings is 1. The number of nitrogens with zero attached hydrogens (tertiary/aromatic N) is 2. The van der Waals surface area contributed by atoms with Crippen molar-refractivity contribution in [3.8, 4) is 0 Å². The number of nitrogens with one attached hydrogen (secondary N) is 1. The summed E-state index contributed by atoms with van der Waals surface area (Å²) in [6, 6.07) is 6.96. The number of carboxylic acids is 1. The first-order valence-electron chi connectivity index (χ1n) is 8.64. The number of anilines is 2. The van der Waals surface area contributed by atoms with Crippen molar-refractivity contribution in [1.82, 2.24) is 9.88 Å². The Bertz CT molecular complexity index is 790. The quantitative estimate of drug-likeness (QED) is 0.708. The molecule has 1 heterocycles. The highest BCUT2D eigenvalue weighted by atomic mass is 19.4. The van der Waals surface area contributed by atoms with Crippen LogP contribution in [0.15, 0.2) is 36.5 Å². The molecule has 146 valence electrons. The number of aromatic nitrogens is 1. The molecule has 0 fully saturated rings. The van der Waals surface area contributed by atoms with Gasteiger partial charge in [0.25, 0.3) is 0 Å². The molecule has 0 aliphatic rings. The molecule has 0 bridgehead atoms. The second-order valence-electron chi connectivity index (χ2n) is 5.94. The van der Waals surface area contributed by atoms with Crippen LogP contribution < -0.4 is 5.32 Å². The Balaban J connectivity index is 2.42. The lowest BCUT2D eigenvalue weighted by atomic mass is 10.0. The maximum absolute atomic E-state index is 13.8. The van der Waals surface area contributed by atoms with Crippen molar-refractivity contribution in [2.24, 2.45) is 0 Å². The van der Waals surface area contributed by atoms with E-state index in [-0.39, 0.29) is 29.1 Å². The van der Waals surface area contributed by atoms with Gasteiger partial charge in [-0.05, 0) is 43.3 Å². The van der Waals surface area contributed by atoms with Gasteiger partial charge in [-0.25, -0.2) is 9.78 Å². The second-order valence-corrected chi connectivity index (χ2v) is 5.94. The number of alkyl halides is 3. The first-order valence-corrected chi connectivity index (χ1v) is 8.64. The van der Waals surface area contributed by atoms with Crippen molar-refractivity contribution in [1.29, 1.82) is 0 Å². The van der Waals surface area contributed by atoms with Gasteiger partial charge in [0, 0.05) is 12.7 Å². The predicted octanol–water partition coefficient (Wildman–Crippen LogP) is 4.43. The standard InChI is InChI=1S/C19H22F3N3O2/c1-3-25(4-2)12-10-13-7-5-9-15(16(13)19(20,21)22)24-17-14(18(26)27)8-6-11-23-17/h5-9,11H,3-4,10,12H2,1-2H3,(H,23,24)(H,26,27). The van der Waals surface area contributed by atoms with Crippen LogP contribution in [0.4, 0.5) is 24.7 Å². The third-order valence-electron chi connectivity index (χ3n) is 4.32. The second kappa shape index (κ2) is 8.85. The molecule has 2 aromatic rings. The molecule has 1 aromatic heterocycles. The summed E-state index contributed by atoms with van der Waals surface area (Å²) in [5.74, 6) is -1.40. The molecule has 0 aliphatic heterocycles. The number of hydrogen-bond acceptors (Lipinski definition) is 4. The number of carboxylic acid groups (broad SMARTS) is 1. The van der Waals surface area contributed by atoms with Gasteiger partial charge in [-0.3, -0.25) is 0 Å². The monoisotopic (exact) mass is 381 g/mol. The van der Waals surface area contributed by atoms with Crippen molar-refractivity contribution in [2.75, 3.05) is 25.0 Å². The molecular weight excluding hydrogens is 359 g/mol. The van der Waals surface area contributed by atoms with E-state index in [0.717, 1.165) is 13.1 Å². The zero-order chi connectivity index (χ0) is 20.0.